The van der Waals surface area contributed by atoms with Gasteiger partial charge in [-0.1, -0.05) is 12.8 Å². The minimum Gasteiger partial charge on any atom is -0.392 e. The van der Waals surface area contributed by atoms with E-state index in [4.69, 9.17) is 0 Å². The normalized spacial score (nSPS) is 24.4. The minimum atomic E-state index is -0.285. The summed E-state index contributed by atoms with van der Waals surface area (Å²) < 4.78 is 1.95. The van der Waals surface area contributed by atoms with Crippen molar-refractivity contribution in [3.05, 3.63) is 12.3 Å². The van der Waals surface area contributed by atoms with Crippen LogP contribution < -0.4 is 5.32 Å². The molecule has 0 spiro atoms. The van der Waals surface area contributed by atoms with E-state index in [0.717, 1.165) is 31.6 Å². The van der Waals surface area contributed by atoms with Crippen molar-refractivity contribution in [3.63, 3.8) is 0 Å². The number of nitrogens with one attached hydrogen (secondary N) is 1. The molecule has 1 aromatic heterocycles. The summed E-state index contributed by atoms with van der Waals surface area (Å²) in [5.74, 6) is 0.764. The lowest BCUT2D eigenvalue weighted by Gasteiger charge is -2.17. The molecular formula is C14H22N4O2. The van der Waals surface area contributed by atoms with Gasteiger partial charge in [0.15, 0.2) is 0 Å². The third-order valence-electron chi connectivity index (χ3n) is 4.22. The standard InChI is InChI=1S/C14H22N4O2/c19-12-6-8-17(9-12)10-14(20)16-13-5-7-15-18(13)11-3-1-2-4-11/h5,7,11-12,19H,1-4,6,8-10H2,(H,16,20)/t12-/m1/s1. The van der Waals surface area contributed by atoms with Crippen molar-refractivity contribution in [2.24, 2.45) is 0 Å². The number of anilines is 1. The van der Waals surface area contributed by atoms with Crippen LogP contribution in [0.3, 0.4) is 0 Å². The van der Waals surface area contributed by atoms with Gasteiger partial charge in [-0.2, -0.15) is 5.10 Å². The molecule has 2 fully saturated rings. The highest BCUT2D eigenvalue weighted by Crippen LogP contribution is 2.31. The summed E-state index contributed by atoms with van der Waals surface area (Å²) in [4.78, 5) is 14.0. The molecule has 0 unspecified atom stereocenters. The van der Waals surface area contributed by atoms with Crippen molar-refractivity contribution in [3.8, 4) is 0 Å². The first-order valence-corrected chi connectivity index (χ1v) is 7.46. The van der Waals surface area contributed by atoms with Gasteiger partial charge in [0, 0.05) is 19.2 Å². The quantitative estimate of drug-likeness (QED) is 0.862. The Labute approximate surface area is 118 Å². The number of nitrogens with zero attached hydrogens (tertiary/aromatic N) is 3. The molecule has 0 radical (unpaired) electrons. The smallest absolute Gasteiger partial charge is 0.239 e. The Morgan fingerprint density at radius 1 is 1.40 bits per heavy atom. The van der Waals surface area contributed by atoms with Gasteiger partial charge in [0.05, 0.1) is 24.9 Å². The number of rotatable bonds is 4. The summed E-state index contributed by atoms with van der Waals surface area (Å²) >= 11 is 0. The predicted molar refractivity (Wildman–Crippen MR) is 75.4 cm³/mol. The Hall–Kier alpha value is -1.40. The van der Waals surface area contributed by atoms with Gasteiger partial charge in [0.2, 0.25) is 5.91 Å². The number of aliphatic hydroxyl groups excluding tert-OH is 1. The molecule has 1 atom stereocenters. The average Bonchev–Trinajstić information content (AvgIpc) is 3.10. The number of aromatic nitrogens is 2. The maximum atomic E-state index is 12.1. The fraction of sp³-hybridized carbons (Fsp3) is 0.714. The van der Waals surface area contributed by atoms with E-state index in [1.54, 1.807) is 6.20 Å². The Morgan fingerprint density at radius 2 is 2.20 bits per heavy atom. The number of carbonyl (C=O) groups excluding carboxylic acids is 1. The lowest BCUT2D eigenvalue weighted by atomic mass is 10.2. The molecule has 1 aliphatic carbocycles. The van der Waals surface area contributed by atoms with Crippen LogP contribution in [0.25, 0.3) is 0 Å². The molecule has 1 saturated heterocycles. The topological polar surface area (TPSA) is 70.4 Å². The van der Waals surface area contributed by atoms with Crippen molar-refractivity contribution in [2.75, 3.05) is 25.0 Å². The number of carbonyl (C=O) groups is 1. The van der Waals surface area contributed by atoms with Crippen LogP contribution in [0.4, 0.5) is 5.82 Å². The van der Waals surface area contributed by atoms with Gasteiger partial charge in [-0.15, -0.1) is 0 Å². The van der Waals surface area contributed by atoms with E-state index in [1.165, 1.54) is 12.8 Å². The minimum absolute atomic E-state index is 0.0288. The average molecular weight is 278 g/mol. The number of amides is 1. The third-order valence-corrected chi connectivity index (χ3v) is 4.22. The summed E-state index contributed by atoms with van der Waals surface area (Å²) in [6, 6.07) is 2.28. The van der Waals surface area contributed by atoms with Crippen LogP contribution in [0.15, 0.2) is 12.3 Å². The highest BCUT2D eigenvalue weighted by Gasteiger charge is 2.23. The van der Waals surface area contributed by atoms with E-state index in [2.05, 4.69) is 10.4 Å². The zero-order valence-corrected chi connectivity index (χ0v) is 11.7. The van der Waals surface area contributed by atoms with E-state index < -0.39 is 0 Å². The summed E-state index contributed by atoms with van der Waals surface area (Å²) in [5.41, 5.74) is 0. The monoisotopic (exact) mass is 278 g/mol. The van der Waals surface area contributed by atoms with Crippen LogP contribution in [-0.4, -0.2) is 51.4 Å². The van der Waals surface area contributed by atoms with Crippen LogP contribution in [-0.2, 0) is 4.79 Å². The lowest BCUT2D eigenvalue weighted by Crippen LogP contribution is -2.32. The SMILES string of the molecule is O=C(CN1CC[C@@H](O)C1)Nc1ccnn1C1CCCC1. The fourth-order valence-electron chi connectivity index (χ4n) is 3.19. The fourth-order valence-corrected chi connectivity index (χ4v) is 3.19. The molecule has 6 heteroatoms. The number of aliphatic hydroxyl groups is 1. The molecule has 2 heterocycles. The van der Waals surface area contributed by atoms with Crippen molar-refractivity contribution in [1.29, 1.82) is 0 Å². The van der Waals surface area contributed by atoms with Crippen LogP contribution >= 0.6 is 0 Å². The summed E-state index contributed by atoms with van der Waals surface area (Å²) in [5, 5.41) is 16.8. The molecule has 6 nitrogen and oxygen atoms in total. The summed E-state index contributed by atoms with van der Waals surface area (Å²) in [6.07, 6.45) is 6.98. The van der Waals surface area contributed by atoms with Crippen LogP contribution in [0.5, 0.6) is 0 Å². The van der Waals surface area contributed by atoms with Gasteiger partial charge in [-0.25, -0.2) is 4.68 Å². The first-order chi connectivity index (χ1) is 9.72. The van der Waals surface area contributed by atoms with Gasteiger partial charge in [0.25, 0.3) is 0 Å². The van der Waals surface area contributed by atoms with Crippen molar-refractivity contribution >= 4 is 11.7 Å². The summed E-state index contributed by atoms with van der Waals surface area (Å²) in [7, 11) is 0. The van der Waals surface area contributed by atoms with Crippen molar-refractivity contribution in [2.45, 2.75) is 44.2 Å². The second-order valence-electron chi connectivity index (χ2n) is 5.83. The molecular weight excluding hydrogens is 256 g/mol. The van der Waals surface area contributed by atoms with E-state index in [9.17, 15) is 9.90 Å². The Kier molecular flexibility index (Phi) is 4.03. The zero-order valence-electron chi connectivity index (χ0n) is 11.7. The van der Waals surface area contributed by atoms with E-state index in [1.807, 2.05) is 15.6 Å². The Balaban J connectivity index is 1.57. The van der Waals surface area contributed by atoms with Crippen molar-refractivity contribution < 1.29 is 9.90 Å². The molecule has 1 aromatic rings. The lowest BCUT2D eigenvalue weighted by molar-refractivity contribution is -0.117. The predicted octanol–water partition coefficient (Wildman–Crippen LogP) is 1.00. The highest BCUT2D eigenvalue weighted by molar-refractivity contribution is 5.91. The molecule has 1 aliphatic heterocycles. The summed E-state index contributed by atoms with van der Waals surface area (Å²) in [6.45, 7) is 1.72. The Morgan fingerprint density at radius 3 is 2.90 bits per heavy atom. The van der Waals surface area contributed by atoms with Crippen LogP contribution in [0, 0.1) is 0 Å². The molecule has 20 heavy (non-hydrogen) atoms. The number of β-amino-alcohol motifs (C(OH)–C–C–N with tert-alkyl or cyclic N) is 1. The number of hydrogen-bond donors (Lipinski definition) is 2. The molecule has 2 N–H and O–H groups in total. The van der Waals surface area contributed by atoms with E-state index >= 15 is 0 Å². The van der Waals surface area contributed by atoms with E-state index in [0.29, 0.717) is 19.1 Å². The maximum absolute atomic E-state index is 12.1. The van der Waals surface area contributed by atoms with Gasteiger partial charge >= 0.3 is 0 Å². The largest absolute Gasteiger partial charge is 0.392 e. The molecule has 110 valence electrons. The Bertz CT molecular complexity index is 467. The molecule has 0 bridgehead atoms. The van der Waals surface area contributed by atoms with Crippen LogP contribution in [0.2, 0.25) is 0 Å². The second kappa shape index (κ2) is 5.93. The number of hydrogen-bond acceptors (Lipinski definition) is 4. The van der Waals surface area contributed by atoms with Crippen LogP contribution in [0.1, 0.15) is 38.1 Å². The van der Waals surface area contributed by atoms with Gasteiger partial charge in [-0.3, -0.25) is 9.69 Å². The number of likely N-dealkylation sites (tertiary alicyclic amines) is 1. The zero-order chi connectivity index (χ0) is 13.9. The third kappa shape index (κ3) is 3.02. The molecule has 1 saturated carbocycles. The van der Waals surface area contributed by atoms with Gasteiger partial charge < -0.3 is 10.4 Å². The highest BCUT2D eigenvalue weighted by atomic mass is 16.3. The molecule has 1 amide bonds. The van der Waals surface area contributed by atoms with Crippen molar-refractivity contribution in [1.82, 2.24) is 14.7 Å². The van der Waals surface area contributed by atoms with E-state index in [-0.39, 0.29) is 12.0 Å². The first-order valence-electron chi connectivity index (χ1n) is 7.46. The second-order valence-corrected chi connectivity index (χ2v) is 5.83. The molecule has 2 aliphatic rings. The first kappa shape index (κ1) is 13.6. The van der Waals surface area contributed by atoms with Gasteiger partial charge in [-0.05, 0) is 19.3 Å². The van der Waals surface area contributed by atoms with Gasteiger partial charge in [0.1, 0.15) is 5.82 Å². The molecule has 0 aromatic carbocycles. The molecule has 3 rings (SSSR count). The maximum Gasteiger partial charge on any atom is 0.239 e.